The largest absolute Gasteiger partial charge is 0.382 e. The fourth-order valence-corrected chi connectivity index (χ4v) is 0.819. The SMILES string of the molecule is CCCc1nc(C(C)(C)O)no1. The minimum absolute atomic E-state index is 0.353. The van der Waals surface area contributed by atoms with Crippen LogP contribution in [-0.4, -0.2) is 15.2 Å². The Morgan fingerprint density at radius 1 is 1.50 bits per heavy atom. The highest BCUT2D eigenvalue weighted by Gasteiger charge is 2.22. The number of hydrogen-bond acceptors (Lipinski definition) is 4. The molecule has 0 aliphatic carbocycles. The van der Waals surface area contributed by atoms with Crippen LogP contribution in [0.15, 0.2) is 4.52 Å². The number of rotatable bonds is 3. The van der Waals surface area contributed by atoms with Crippen molar-refractivity contribution in [1.29, 1.82) is 0 Å². The molecule has 0 aliphatic rings. The Kier molecular flexibility index (Phi) is 2.47. The molecule has 0 amide bonds. The summed E-state index contributed by atoms with van der Waals surface area (Å²) < 4.78 is 4.91. The zero-order valence-electron chi connectivity index (χ0n) is 7.66. The number of hydrogen-bond donors (Lipinski definition) is 1. The zero-order valence-corrected chi connectivity index (χ0v) is 7.66. The predicted octanol–water partition coefficient (Wildman–Crippen LogP) is 1.25. The molecule has 1 aromatic heterocycles. The Balaban J connectivity index is 2.77. The highest BCUT2D eigenvalue weighted by atomic mass is 16.5. The van der Waals surface area contributed by atoms with Crippen molar-refractivity contribution in [2.45, 2.75) is 39.2 Å². The molecule has 1 N–H and O–H groups in total. The van der Waals surface area contributed by atoms with Gasteiger partial charge in [0.2, 0.25) is 11.7 Å². The van der Waals surface area contributed by atoms with Gasteiger partial charge in [0.05, 0.1) is 0 Å². The third-order valence-corrected chi connectivity index (χ3v) is 1.48. The van der Waals surface area contributed by atoms with E-state index in [-0.39, 0.29) is 0 Å². The van der Waals surface area contributed by atoms with Crippen LogP contribution in [-0.2, 0) is 12.0 Å². The topological polar surface area (TPSA) is 59.2 Å². The van der Waals surface area contributed by atoms with Crippen molar-refractivity contribution < 1.29 is 9.63 Å². The predicted molar refractivity (Wildman–Crippen MR) is 43.5 cm³/mol. The van der Waals surface area contributed by atoms with Gasteiger partial charge in [0, 0.05) is 6.42 Å². The number of aliphatic hydroxyl groups is 1. The van der Waals surface area contributed by atoms with Crippen LogP contribution in [0.5, 0.6) is 0 Å². The van der Waals surface area contributed by atoms with Gasteiger partial charge in [-0.2, -0.15) is 4.98 Å². The molecule has 0 atom stereocenters. The maximum atomic E-state index is 9.49. The molecule has 4 heteroatoms. The number of nitrogens with zero attached hydrogens (tertiary/aromatic N) is 2. The summed E-state index contributed by atoms with van der Waals surface area (Å²) in [5.74, 6) is 0.945. The third-order valence-electron chi connectivity index (χ3n) is 1.48. The van der Waals surface area contributed by atoms with E-state index in [1.54, 1.807) is 13.8 Å². The van der Waals surface area contributed by atoms with Crippen LogP contribution < -0.4 is 0 Å². The lowest BCUT2D eigenvalue weighted by molar-refractivity contribution is 0.0661. The van der Waals surface area contributed by atoms with Crippen LogP contribution in [0.4, 0.5) is 0 Å². The van der Waals surface area contributed by atoms with Crippen molar-refractivity contribution in [3.05, 3.63) is 11.7 Å². The van der Waals surface area contributed by atoms with Crippen molar-refractivity contribution in [3.8, 4) is 0 Å². The molecule has 0 bridgehead atoms. The Morgan fingerprint density at radius 3 is 2.58 bits per heavy atom. The zero-order chi connectivity index (χ0) is 9.19. The van der Waals surface area contributed by atoms with Crippen LogP contribution in [0.3, 0.4) is 0 Å². The van der Waals surface area contributed by atoms with E-state index in [0.29, 0.717) is 11.7 Å². The van der Waals surface area contributed by atoms with Crippen LogP contribution in [0, 0.1) is 0 Å². The van der Waals surface area contributed by atoms with E-state index in [9.17, 15) is 5.11 Å². The molecular formula is C8H14N2O2. The average Bonchev–Trinajstić information content (AvgIpc) is 2.35. The second-order valence-electron chi connectivity index (χ2n) is 3.32. The van der Waals surface area contributed by atoms with Crippen LogP contribution >= 0.6 is 0 Å². The van der Waals surface area contributed by atoms with Gasteiger partial charge in [-0.1, -0.05) is 12.1 Å². The number of aromatic nitrogens is 2. The van der Waals surface area contributed by atoms with E-state index in [2.05, 4.69) is 10.1 Å². The van der Waals surface area contributed by atoms with E-state index in [1.807, 2.05) is 6.92 Å². The van der Waals surface area contributed by atoms with E-state index < -0.39 is 5.60 Å². The first-order valence-electron chi connectivity index (χ1n) is 4.09. The summed E-state index contributed by atoms with van der Waals surface area (Å²) in [5, 5.41) is 13.2. The molecule has 0 aliphatic heterocycles. The molecule has 0 unspecified atom stereocenters. The molecule has 0 saturated carbocycles. The highest BCUT2D eigenvalue weighted by Crippen LogP contribution is 2.15. The summed E-state index contributed by atoms with van der Waals surface area (Å²) in [6.07, 6.45) is 1.73. The first-order chi connectivity index (χ1) is 5.54. The van der Waals surface area contributed by atoms with Crippen molar-refractivity contribution in [3.63, 3.8) is 0 Å². The molecule has 12 heavy (non-hydrogen) atoms. The minimum Gasteiger partial charge on any atom is -0.382 e. The normalized spacial score (nSPS) is 12.0. The quantitative estimate of drug-likeness (QED) is 0.741. The third kappa shape index (κ3) is 2.04. The van der Waals surface area contributed by atoms with Crippen LogP contribution in [0.25, 0.3) is 0 Å². The van der Waals surface area contributed by atoms with Crippen molar-refractivity contribution in [1.82, 2.24) is 10.1 Å². The first-order valence-corrected chi connectivity index (χ1v) is 4.09. The van der Waals surface area contributed by atoms with Gasteiger partial charge in [0.15, 0.2) is 0 Å². The van der Waals surface area contributed by atoms with Crippen molar-refractivity contribution in [2.24, 2.45) is 0 Å². The molecule has 1 heterocycles. The van der Waals surface area contributed by atoms with E-state index >= 15 is 0 Å². The van der Waals surface area contributed by atoms with Crippen molar-refractivity contribution in [2.75, 3.05) is 0 Å². The Morgan fingerprint density at radius 2 is 2.17 bits per heavy atom. The fraction of sp³-hybridized carbons (Fsp3) is 0.750. The van der Waals surface area contributed by atoms with Gasteiger partial charge < -0.3 is 9.63 Å². The van der Waals surface area contributed by atoms with Gasteiger partial charge in [0.1, 0.15) is 5.60 Å². The second kappa shape index (κ2) is 3.23. The summed E-state index contributed by atoms with van der Waals surface area (Å²) in [5.41, 5.74) is -1.00. The highest BCUT2D eigenvalue weighted by molar-refractivity contribution is 4.95. The average molecular weight is 170 g/mol. The van der Waals surface area contributed by atoms with Gasteiger partial charge in [-0.05, 0) is 20.3 Å². The summed E-state index contributed by atoms with van der Waals surface area (Å²) in [4.78, 5) is 4.04. The number of aryl methyl sites for hydroxylation is 1. The van der Waals surface area contributed by atoms with Crippen molar-refractivity contribution >= 4 is 0 Å². The second-order valence-corrected chi connectivity index (χ2v) is 3.32. The minimum atomic E-state index is -1.00. The van der Waals surface area contributed by atoms with Crippen LogP contribution in [0.2, 0.25) is 0 Å². The van der Waals surface area contributed by atoms with Gasteiger partial charge in [-0.3, -0.25) is 0 Å². The van der Waals surface area contributed by atoms with Crippen LogP contribution in [0.1, 0.15) is 38.9 Å². The molecule has 4 nitrogen and oxygen atoms in total. The molecular weight excluding hydrogens is 156 g/mol. The molecule has 1 aromatic rings. The lowest BCUT2D eigenvalue weighted by Gasteiger charge is -2.09. The Labute approximate surface area is 71.6 Å². The van der Waals surface area contributed by atoms with Gasteiger partial charge in [-0.25, -0.2) is 0 Å². The summed E-state index contributed by atoms with van der Waals surface area (Å²) in [6.45, 7) is 5.30. The fourth-order valence-electron chi connectivity index (χ4n) is 0.819. The van der Waals surface area contributed by atoms with E-state index in [1.165, 1.54) is 0 Å². The molecule has 68 valence electrons. The monoisotopic (exact) mass is 170 g/mol. The van der Waals surface area contributed by atoms with E-state index in [4.69, 9.17) is 4.52 Å². The smallest absolute Gasteiger partial charge is 0.226 e. The maximum absolute atomic E-state index is 9.49. The maximum Gasteiger partial charge on any atom is 0.226 e. The standard InChI is InChI=1S/C8H14N2O2/c1-4-5-6-9-7(10-12-6)8(2,3)11/h11H,4-5H2,1-3H3. The lowest BCUT2D eigenvalue weighted by atomic mass is 10.1. The summed E-state index contributed by atoms with van der Waals surface area (Å²) >= 11 is 0. The molecule has 0 saturated heterocycles. The molecule has 0 fully saturated rings. The lowest BCUT2D eigenvalue weighted by Crippen LogP contribution is -2.17. The first kappa shape index (κ1) is 9.19. The van der Waals surface area contributed by atoms with Gasteiger partial charge >= 0.3 is 0 Å². The van der Waals surface area contributed by atoms with E-state index in [0.717, 1.165) is 12.8 Å². The molecule has 1 rings (SSSR count). The summed E-state index contributed by atoms with van der Waals surface area (Å²) in [6, 6.07) is 0. The molecule has 0 radical (unpaired) electrons. The Bertz CT molecular complexity index is 250. The summed E-state index contributed by atoms with van der Waals surface area (Å²) in [7, 11) is 0. The van der Waals surface area contributed by atoms with Gasteiger partial charge in [-0.15, -0.1) is 0 Å². The van der Waals surface area contributed by atoms with Gasteiger partial charge in [0.25, 0.3) is 0 Å². The molecule has 0 aromatic carbocycles. The molecule has 0 spiro atoms. The Hall–Kier alpha value is -0.900.